The van der Waals surface area contributed by atoms with Crippen molar-refractivity contribution in [2.45, 2.75) is 6.61 Å². The number of amides is 1. The minimum Gasteiger partial charge on any atom is -0.488 e. The summed E-state index contributed by atoms with van der Waals surface area (Å²) < 4.78 is 16.4. The van der Waals surface area contributed by atoms with Crippen LogP contribution in [0.4, 0.5) is 5.69 Å². The number of carbonyl (C=O) groups is 1. The van der Waals surface area contributed by atoms with Gasteiger partial charge < -0.3 is 19.5 Å². The first-order chi connectivity index (χ1) is 13.7. The van der Waals surface area contributed by atoms with E-state index in [-0.39, 0.29) is 19.3 Å². The van der Waals surface area contributed by atoms with Gasteiger partial charge in [-0.2, -0.15) is 0 Å². The van der Waals surface area contributed by atoms with Crippen molar-refractivity contribution in [1.82, 2.24) is 4.98 Å². The van der Waals surface area contributed by atoms with Crippen molar-refractivity contribution >= 4 is 23.2 Å². The normalized spacial score (nSPS) is 10.4. The maximum atomic E-state index is 12.6. The summed E-state index contributed by atoms with van der Waals surface area (Å²) in [4.78, 5) is 16.6. The standard InChI is InChI=1S/C21H19ClN2O4/c1-26-14-28-19-9-8-16(22)11-15(19)13-27-20-7-3-2-6-18(20)21(25)24-17-5-4-10-23-12-17/h2-12H,13-14H2,1H3,(H,24,25). The number of rotatable bonds is 8. The summed E-state index contributed by atoms with van der Waals surface area (Å²) in [5.41, 5.74) is 1.76. The van der Waals surface area contributed by atoms with Crippen LogP contribution >= 0.6 is 11.6 Å². The van der Waals surface area contributed by atoms with Crippen LogP contribution in [0.3, 0.4) is 0 Å². The lowest BCUT2D eigenvalue weighted by Crippen LogP contribution is -2.14. The van der Waals surface area contributed by atoms with Crippen LogP contribution in [0.1, 0.15) is 15.9 Å². The van der Waals surface area contributed by atoms with Crippen molar-refractivity contribution in [2.75, 3.05) is 19.2 Å². The molecule has 0 radical (unpaired) electrons. The zero-order valence-corrected chi connectivity index (χ0v) is 16.0. The van der Waals surface area contributed by atoms with Crippen LogP contribution in [0.25, 0.3) is 0 Å². The molecule has 0 aliphatic rings. The Morgan fingerprint density at radius 2 is 1.93 bits per heavy atom. The summed E-state index contributed by atoms with van der Waals surface area (Å²) in [5, 5.41) is 3.36. The van der Waals surface area contributed by atoms with E-state index in [0.717, 1.165) is 5.56 Å². The first-order valence-corrected chi connectivity index (χ1v) is 8.88. The molecular formula is C21H19ClN2O4. The van der Waals surface area contributed by atoms with E-state index in [4.69, 9.17) is 25.8 Å². The average molecular weight is 399 g/mol. The number of anilines is 1. The number of carbonyl (C=O) groups excluding carboxylic acids is 1. The van der Waals surface area contributed by atoms with Crippen LogP contribution in [-0.2, 0) is 11.3 Å². The number of hydrogen-bond donors (Lipinski definition) is 1. The molecular weight excluding hydrogens is 380 g/mol. The van der Waals surface area contributed by atoms with Crippen LogP contribution in [0.2, 0.25) is 5.02 Å². The topological polar surface area (TPSA) is 69.7 Å². The molecule has 1 N–H and O–H groups in total. The van der Waals surface area contributed by atoms with E-state index in [1.54, 1.807) is 74.1 Å². The monoisotopic (exact) mass is 398 g/mol. The SMILES string of the molecule is COCOc1ccc(Cl)cc1COc1ccccc1C(=O)Nc1cccnc1. The second kappa shape index (κ2) is 9.73. The Balaban J connectivity index is 1.75. The third-order valence-corrected chi connectivity index (χ3v) is 4.02. The lowest BCUT2D eigenvalue weighted by atomic mass is 10.1. The van der Waals surface area contributed by atoms with Crippen LogP contribution in [-0.4, -0.2) is 24.8 Å². The van der Waals surface area contributed by atoms with Crippen LogP contribution < -0.4 is 14.8 Å². The lowest BCUT2D eigenvalue weighted by Gasteiger charge is -2.14. The van der Waals surface area contributed by atoms with E-state index < -0.39 is 0 Å². The number of pyridine rings is 1. The van der Waals surface area contributed by atoms with Crippen molar-refractivity contribution < 1.29 is 19.0 Å². The molecule has 0 spiro atoms. The molecule has 1 aromatic heterocycles. The fourth-order valence-electron chi connectivity index (χ4n) is 2.49. The smallest absolute Gasteiger partial charge is 0.259 e. The van der Waals surface area contributed by atoms with E-state index in [2.05, 4.69) is 10.3 Å². The van der Waals surface area contributed by atoms with E-state index in [0.29, 0.717) is 27.8 Å². The van der Waals surface area contributed by atoms with Crippen LogP contribution in [0, 0.1) is 0 Å². The van der Waals surface area contributed by atoms with Crippen molar-refractivity contribution in [1.29, 1.82) is 0 Å². The molecule has 0 fully saturated rings. The number of methoxy groups -OCH3 is 1. The molecule has 3 aromatic rings. The molecule has 144 valence electrons. The maximum Gasteiger partial charge on any atom is 0.259 e. The molecule has 6 nitrogen and oxygen atoms in total. The molecule has 0 saturated heterocycles. The van der Waals surface area contributed by atoms with Crippen molar-refractivity contribution in [3.63, 3.8) is 0 Å². The zero-order chi connectivity index (χ0) is 19.8. The van der Waals surface area contributed by atoms with Crippen molar-refractivity contribution in [2.24, 2.45) is 0 Å². The van der Waals surface area contributed by atoms with Crippen molar-refractivity contribution in [3.8, 4) is 11.5 Å². The predicted octanol–water partition coefficient (Wildman–Crippen LogP) is 4.55. The molecule has 0 atom stereocenters. The third kappa shape index (κ3) is 5.22. The maximum absolute atomic E-state index is 12.6. The molecule has 1 amide bonds. The van der Waals surface area contributed by atoms with Gasteiger partial charge in [-0.25, -0.2) is 0 Å². The van der Waals surface area contributed by atoms with Gasteiger partial charge >= 0.3 is 0 Å². The number of hydrogen-bond acceptors (Lipinski definition) is 5. The lowest BCUT2D eigenvalue weighted by molar-refractivity contribution is 0.0497. The minimum absolute atomic E-state index is 0.110. The molecule has 1 heterocycles. The predicted molar refractivity (Wildman–Crippen MR) is 107 cm³/mol. The Kier molecular flexibility index (Phi) is 6.84. The first-order valence-electron chi connectivity index (χ1n) is 8.50. The van der Waals surface area contributed by atoms with Gasteiger partial charge in [0.05, 0.1) is 17.4 Å². The number of nitrogens with one attached hydrogen (secondary N) is 1. The summed E-state index contributed by atoms with van der Waals surface area (Å²) in [6, 6.07) is 15.8. The minimum atomic E-state index is -0.287. The van der Waals surface area contributed by atoms with Gasteiger partial charge in [0.15, 0.2) is 6.79 Å². The van der Waals surface area contributed by atoms with Gasteiger partial charge in [-0.15, -0.1) is 0 Å². The Hall–Kier alpha value is -3.09. The van der Waals surface area contributed by atoms with Crippen LogP contribution in [0.15, 0.2) is 67.0 Å². The molecule has 2 aromatic carbocycles. The number of ether oxygens (including phenoxy) is 3. The second-order valence-corrected chi connectivity index (χ2v) is 6.22. The molecule has 3 rings (SSSR count). The molecule has 0 aliphatic heterocycles. The van der Waals surface area contributed by atoms with Crippen LogP contribution in [0.5, 0.6) is 11.5 Å². The highest BCUT2D eigenvalue weighted by Gasteiger charge is 2.14. The highest BCUT2D eigenvalue weighted by molar-refractivity contribution is 6.30. The average Bonchev–Trinajstić information content (AvgIpc) is 2.72. The van der Waals surface area contributed by atoms with Gasteiger partial charge in [0.1, 0.15) is 18.1 Å². The number of benzene rings is 2. The van der Waals surface area contributed by atoms with E-state index in [1.807, 2.05) is 0 Å². The van der Waals surface area contributed by atoms with Gasteiger partial charge in [-0.05, 0) is 42.5 Å². The fraction of sp³-hybridized carbons (Fsp3) is 0.143. The quantitative estimate of drug-likeness (QED) is 0.564. The van der Waals surface area contributed by atoms with Crippen molar-refractivity contribution in [3.05, 3.63) is 83.1 Å². The van der Waals surface area contributed by atoms with Gasteiger partial charge in [0, 0.05) is 23.9 Å². The molecule has 0 saturated carbocycles. The highest BCUT2D eigenvalue weighted by Crippen LogP contribution is 2.26. The molecule has 0 aliphatic carbocycles. The number of aromatic nitrogens is 1. The van der Waals surface area contributed by atoms with Gasteiger partial charge in [-0.3, -0.25) is 9.78 Å². The number of halogens is 1. The highest BCUT2D eigenvalue weighted by atomic mass is 35.5. The largest absolute Gasteiger partial charge is 0.488 e. The Bertz CT molecular complexity index is 935. The summed E-state index contributed by atoms with van der Waals surface area (Å²) in [6.45, 7) is 0.287. The molecule has 0 bridgehead atoms. The molecule has 0 unspecified atom stereocenters. The zero-order valence-electron chi connectivity index (χ0n) is 15.2. The van der Waals surface area contributed by atoms with Gasteiger partial charge in [-0.1, -0.05) is 23.7 Å². The summed E-state index contributed by atoms with van der Waals surface area (Å²) in [7, 11) is 1.54. The Labute approximate surface area is 168 Å². The second-order valence-electron chi connectivity index (χ2n) is 5.78. The first kappa shape index (κ1) is 19.7. The summed E-state index contributed by atoms with van der Waals surface area (Å²) in [5.74, 6) is 0.760. The molecule has 7 heteroatoms. The Morgan fingerprint density at radius 3 is 2.71 bits per heavy atom. The number of nitrogens with zero attached hydrogens (tertiary/aromatic N) is 1. The Morgan fingerprint density at radius 1 is 1.07 bits per heavy atom. The van der Waals surface area contributed by atoms with E-state index in [1.165, 1.54) is 0 Å². The number of para-hydroxylation sites is 1. The summed E-state index contributed by atoms with van der Waals surface area (Å²) >= 11 is 6.09. The van der Waals surface area contributed by atoms with Gasteiger partial charge in [0.25, 0.3) is 5.91 Å². The summed E-state index contributed by atoms with van der Waals surface area (Å²) in [6.07, 6.45) is 3.22. The van der Waals surface area contributed by atoms with E-state index in [9.17, 15) is 4.79 Å². The van der Waals surface area contributed by atoms with Gasteiger partial charge in [0.2, 0.25) is 0 Å². The fourth-order valence-corrected chi connectivity index (χ4v) is 2.69. The van der Waals surface area contributed by atoms with E-state index >= 15 is 0 Å². The third-order valence-electron chi connectivity index (χ3n) is 3.79. The molecule has 28 heavy (non-hydrogen) atoms.